The van der Waals surface area contributed by atoms with Gasteiger partial charge in [0.25, 0.3) is 0 Å². The molecule has 1 aliphatic rings. The maximum atomic E-state index is 11.9. The van der Waals surface area contributed by atoms with Crippen molar-refractivity contribution in [2.75, 3.05) is 0 Å². The lowest BCUT2D eigenvalue weighted by atomic mass is 9.98. The quantitative estimate of drug-likeness (QED) is 0.382. The van der Waals surface area contributed by atoms with E-state index in [4.69, 9.17) is 23.7 Å². The van der Waals surface area contributed by atoms with Crippen LogP contribution >= 0.6 is 0 Å². The van der Waals surface area contributed by atoms with Gasteiger partial charge in [-0.25, -0.2) is 0 Å². The van der Waals surface area contributed by atoms with Gasteiger partial charge in [-0.15, -0.1) is 0 Å². The van der Waals surface area contributed by atoms with Crippen molar-refractivity contribution in [1.29, 1.82) is 0 Å². The Morgan fingerprint density at radius 1 is 0.657 bits per heavy atom. The molecule has 3 aromatic carbocycles. The summed E-state index contributed by atoms with van der Waals surface area (Å²) in [6.07, 6.45) is -2.95. The molecule has 0 saturated carbocycles. The van der Waals surface area contributed by atoms with Gasteiger partial charge >= 0.3 is 5.97 Å². The first-order valence-electron chi connectivity index (χ1n) is 11.9. The van der Waals surface area contributed by atoms with E-state index in [1.54, 1.807) is 0 Å². The van der Waals surface area contributed by atoms with E-state index in [0.29, 0.717) is 19.8 Å². The number of carbonyl (C=O) groups excluding carboxylic acids is 1. The molecule has 0 amide bonds. The van der Waals surface area contributed by atoms with Crippen LogP contribution in [0, 0.1) is 0 Å². The van der Waals surface area contributed by atoms with Crippen molar-refractivity contribution in [2.24, 2.45) is 0 Å². The van der Waals surface area contributed by atoms with Crippen LogP contribution in [-0.4, -0.2) is 36.7 Å². The van der Waals surface area contributed by atoms with E-state index < -0.39 is 30.6 Å². The molecular formula is C29H32O6. The zero-order valence-corrected chi connectivity index (χ0v) is 20.1. The van der Waals surface area contributed by atoms with E-state index >= 15 is 0 Å². The van der Waals surface area contributed by atoms with Gasteiger partial charge < -0.3 is 23.7 Å². The highest BCUT2D eigenvalue weighted by Crippen LogP contribution is 2.31. The molecule has 6 heteroatoms. The third kappa shape index (κ3) is 7.23. The van der Waals surface area contributed by atoms with Gasteiger partial charge in [-0.3, -0.25) is 4.79 Å². The number of hydrogen-bond acceptors (Lipinski definition) is 6. The van der Waals surface area contributed by atoms with Crippen molar-refractivity contribution in [3.05, 3.63) is 108 Å². The smallest absolute Gasteiger partial charge is 0.305 e. The molecule has 5 atom stereocenters. The summed E-state index contributed by atoms with van der Waals surface area (Å²) in [5, 5.41) is 0. The second-order valence-corrected chi connectivity index (χ2v) is 8.60. The van der Waals surface area contributed by atoms with Crippen LogP contribution in [0.1, 0.15) is 30.5 Å². The number of ether oxygens (including phenoxy) is 5. The molecule has 1 saturated heterocycles. The minimum atomic E-state index is -0.913. The maximum Gasteiger partial charge on any atom is 0.305 e. The van der Waals surface area contributed by atoms with Crippen LogP contribution in [0.4, 0.5) is 0 Å². The summed E-state index contributed by atoms with van der Waals surface area (Å²) in [5.74, 6) is -0.444. The Hall–Kier alpha value is -3.03. The van der Waals surface area contributed by atoms with Crippen LogP contribution in [0.5, 0.6) is 0 Å². The van der Waals surface area contributed by atoms with Crippen molar-refractivity contribution in [3.63, 3.8) is 0 Å². The van der Waals surface area contributed by atoms with Gasteiger partial charge in [0.1, 0.15) is 18.3 Å². The van der Waals surface area contributed by atoms with E-state index in [0.717, 1.165) is 16.7 Å². The summed E-state index contributed by atoms with van der Waals surface area (Å²) in [6, 6.07) is 29.7. The van der Waals surface area contributed by atoms with Gasteiger partial charge in [0.15, 0.2) is 0 Å². The topological polar surface area (TPSA) is 63.2 Å². The molecule has 3 aromatic rings. The van der Waals surface area contributed by atoms with Crippen molar-refractivity contribution >= 4 is 5.97 Å². The molecule has 0 spiro atoms. The van der Waals surface area contributed by atoms with E-state index in [2.05, 4.69) is 0 Å². The maximum absolute atomic E-state index is 11.9. The Balaban J connectivity index is 1.57. The highest BCUT2D eigenvalue weighted by molar-refractivity contribution is 5.66. The van der Waals surface area contributed by atoms with E-state index in [9.17, 15) is 4.79 Å². The second kappa shape index (κ2) is 12.6. The molecule has 0 aliphatic carbocycles. The van der Waals surface area contributed by atoms with Crippen molar-refractivity contribution < 1.29 is 28.5 Å². The molecule has 0 aromatic heterocycles. The fraction of sp³-hybridized carbons (Fsp3) is 0.345. The highest BCUT2D eigenvalue weighted by Gasteiger charge is 2.48. The van der Waals surface area contributed by atoms with Gasteiger partial charge in [0.2, 0.25) is 6.29 Å². The lowest BCUT2D eigenvalue weighted by molar-refractivity contribution is -0.311. The molecule has 184 valence electrons. The molecule has 1 heterocycles. The first-order valence-corrected chi connectivity index (χ1v) is 11.9. The zero-order valence-electron chi connectivity index (χ0n) is 20.1. The fourth-order valence-electron chi connectivity index (χ4n) is 4.13. The monoisotopic (exact) mass is 476 g/mol. The summed E-state index contributed by atoms with van der Waals surface area (Å²) < 4.78 is 30.7. The minimum Gasteiger partial charge on any atom is -0.433 e. The van der Waals surface area contributed by atoms with Crippen LogP contribution < -0.4 is 0 Å². The largest absolute Gasteiger partial charge is 0.433 e. The molecule has 0 unspecified atom stereocenters. The molecule has 0 N–H and O–H groups in total. The molecule has 1 aliphatic heterocycles. The average Bonchev–Trinajstić information content (AvgIpc) is 2.88. The van der Waals surface area contributed by atoms with E-state index in [1.807, 2.05) is 97.9 Å². The molecule has 0 radical (unpaired) electrons. The predicted octanol–water partition coefficient (Wildman–Crippen LogP) is 5.05. The summed E-state index contributed by atoms with van der Waals surface area (Å²) in [5.41, 5.74) is 3.07. The molecule has 4 rings (SSSR count). The average molecular weight is 477 g/mol. The Morgan fingerprint density at radius 2 is 1.06 bits per heavy atom. The molecule has 1 fully saturated rings. The Morgan fingerprint density at radius 3 is 1.49 bits per heavy atom. The SMILES string of the molecule is CC(=O)O[C@H]1O[C@H](C)[C@@H](OCc2ccccc2)[C@H](OCc2ccccc2)[C@H]1OCc1ccccc1. The van der Waals surface area contributed by atoms with Crippen molar-refractivity contribution in [1.82, 2.24) is 0 Å². The van der Waals surface area contributed by atoms with Gasteiger partial charge in [-0.05, 0) is 23.6 Å². The second-order valence-electron chi connectivity index (χ2n) is 8.60. The normalized spacial score (nSPS) is 24.1. The van der Waals surface area contributed by atoms with Gasteiger partial charge in [0.05, 0.1) is 25.9 Å². The lowest BCUT2D eigenvalue weighted by Crippen LogP contribution is -2.60. The first kappa shape index (κ1) is 25.1. The van der Waals surface area contributed by atoms with Crippen LogP contribution in [0.25, 0.3) is 0 Å². The van der Waals surface area contributed by atoms with Gasteiger partial charge in [-0.1, -0.05) is 91.0 Å². The molecule has 0 bridgehead atoms. The summed E-state index contributed by atoms with van der Waals surface area (Å²) >= 11 is 0. The fourth-order valence-corrected chi connectivity index (χ4v) is 4.13. The van der Waals surface area contributed by atoms with Crippen LogP contribution in [0.2, 0.25) is 0 Å². The third-order valence-corrected chi connectivity index (χ3v) is 5.87. The standard InChI is InChI=1S/C29H32O6/c1-21-26(31-18-23-12-6-3-7-13-23)27(32-19-24-14-8-4-9-15-24)28(29(34-21)35-22(2)30)33-20-25-16-10-5-11-17-25/h3-17,21,26-29H,18-20H2,1-2H3/t21-,26-,27+,28-,29-/m1/s1. The number of rotatable bonds is 10. The zero-order chi connectivity index (χ0) is 24.5. The molecule has 35 heavy (non-hydrogen) atoms. The van der Waals surface area contributed by atoms with Crippen molar-refractivity contribution in [3.8, 4) is 0 Å². The van der Waals surface area contributed by atoms with Crippen LogP contribution in [0.15, 0.2) is 91.0 Å². The van der Waals surface area contributed by atoms with Crippen molar-refractivity contribution in [2.45, 2.75) is 64.4 Å². The summed E-state index contributed by atoms with van der Waals surface area (Å²) in [4.78, 5) is 11.9. The number of hydrogen-bond donors (Lipinski definition) is 0. The number of carbonyl (C=O) groups is 1. The Bertz CT molecular complexity index is 1030. The van der Waals surface area contributed by atoms with E-state index in [-0.39, 0.29) is 6.10 Å². The Labute approximate surface area is 206 Å². The Kier molecular flexibility index (Phi) is 9.03. The lowest BCUT2D eigenvalue weighted by Gasteiger charge is -2.44. The van der Waals surface area contributed by atoms with E-state index in [1.165, 1.54) is 6.92 Å². The third-order valence-electron chi connectivity index (χ3n) is 5.87. The first-order chi connectivity index (χ1) is 17.1. The molecule has 6 nitrogen and oxygen atoms in total. The predicted molar refractivity (Wildman–Crippen MR) is 131 cm³/mol. The minimum absolute atomic E-state index is 0.317. The van der Waals surface area contributed by atoms with Gasteiger partial charge in [-0.2, -0.15) is 0 Å². The summed E-state index contributed by atoms with van der Waals surface area (Å²) in [7, 11) is 0. The number of esters is 1. The summed E-state index contributed by atoms with van der Waals surface area (Å²) in [6.45, 7) is 4.34. The van der Waals surface area contributed by atoms with Crippen LogP contribution in [0.3, 0.4) is 0 Å². The molecular weight excluding hydrogens is 444 g/mol. The number of benzene rings is 3. The van der Waals surface area contributed by atoms with Crippen LogP contribution in [-0.2, 0) is 48.3 Å². The van der Waals surface area contributed by atoms with Gasteiger partial charge in [0, 0.05) is 6.92 Å². The highest BCUT2D eigenvalue weighted by atomic mass is 16.7.